The highest BCUT2D eigenvalue weighted by molar-refractivity contribution is 7.09. The third kappa shape index (κ3) is 5.50. The number of hydrogen-bond donors (Lipinski definition) is 1. The van der Waals surface area contributed by atoms with Gasteiger partial charge in [0, 0.05) is 10.4 Å². The number of carbonyl (C=O) groups excluding carboxylic acids is 1. The zero-order valence-corrected chi connectivity index (χ0v) is 16.5. The first-order chi connectivity index (χ1) is 13.4. The van der Waals surface area contributed by atoms with Gasteiger partial charge in [-0.1, -0.05) is 17.7 Å². The number of benzene rings is 2. The van der Waals surface area contributed by atoms with E-state index < -0.39 is 17.7 Å². The topological polar surface area (TPSA) is 51.2 Å². The zero-order chi connectivity index (χ0) is 20.1. The van der Waals surface area contributed by atoms with Crippen LogP contribution in [0.15, 0.2) is 47.8 Å². The summed E-state index contributed by atoms with van der Waals surface area (Å²) in [6.45, 7) is 2.00. The molecule has 0 bridgehead atoms. The minimum Gasteiger partial charge on any atom is -0.486 e. The van der Waals surface area contributed by atoms with Crippen molar-refractivity contribution in [3.8, 4) is 5.75 Å². The van der Waals surface area contributed by atoms with Gasteiger partial charge in [0.05, 0.1) is 18.2 Å². The van der Waals surface area contributed by atoms with Crippen LogP contribution in [0, 0.1) is 11.6 Å². The van der Waals surface area contributed by atoms with Crippen LogP contribution in [0.1, 0.15) is 29.2 Å². The average Bonchev–Trinajstić information content (AvgIpc) is 3.10. The molecule has 1 N–H and O–H groups in total. The largest absolute Gasteiger partial charge is 0.486 e. The standard InChI is InChI=1S/C20H17ClF2N2O2S/c1-12(13-2-7-17(22)18(23)8-13)24-19(26)9-15-11-28-20(25-15)10-27-16-5-3-14(21)4-6-16/h2-8,11-12H,9-10H2,1H3,(H,24,26). The van der Waals surface area contributed by atoms with E-state index in [4.69, 9.17) is 16.3 Å². The molecule has 0 saturated carbocycles. The Morgan fingerprint density at radius 1 is 1.21 bits per heavy atom. The third-order valence-electron chi connectivity index (χ3n) is 3.94. The molecule has 28 heavy (non-hydrogen) atoms. The van der Waals surface area contributed by atoms with E-state index in [1.165, 1.54) is 17.4 Å². The summed E-state index contributed by atoms with van der Waals surface area (Å²) < 4.78 is 32.0. The first-order valence-electron chi connectivity index (χ1n) is 8.46. The Hall–Kier alpha value is -2.51. The van der Waals surface area contributed by atoms with E-state index in [2.05, 4.69) is 10.3 Å². The molecule has 0 fully saturated rings. The van der Waals surface area contributed by atoms with Gasteiger partial charge in [-0.25, -0.2) is 13.8 Å². The van der Waals surface area contributed by atoms with Gasteiger partial charge in [0.2, 0.25) is 5.91 Å². The molecule has 0 aliphatic rings. The Bertz CT molecular complexity index is 963. The van der Waals surface area contributed by atoms with Crippen molar-refractivity contribution in [3.63, 3.8) is 0 Å². The molecule has 3 rings (SSSR count). The molecule has 0 saturated heterocycles. The van der Waals surface area contributed by atoms with Crippen molar-refractivity contribution in [2.24, 2.45) is 0 Å². The number of aromatic nitrogens is 1. The van der Waals surface area contributed by atoms with Crippen molar-refractivity contribution < 1.29 is 18.3 Å². The maximum atomic E-state index is 13.3. The van der Waals surface area contributed by atoms with Crippen LogP contribution in [-0.2, 0) is 17.8 Å². The van der Waals surface area contributed by atoms with Crippen molar-refractivity contribution in [1.82, 2.24) is 10.3 Å². The second-order valence-corrected chi connectivity index (χ2v) is 7.49. The van der Waals surface area contributed by atoms with Gasteiger partial charge in [-0.05, 0) is 48.9 Å². The van der Waals surface area contributed by atoms with Crippen molar-refractivity contribution in [2.75, 3.05) is 0 Å². The SMILES string of the molecule is CC(NC(=O)Cc1csc(COc2ccc(Cl)cc2)n1)c1ccc(F)c(F)c1. The predicted molar refractivity (Wildman–Crippen MR) is 105 cm³/mol. The second-order valence-electron chi connectivity index (χ2n) is 6.11. The molecule has 1 heterocycles. The Balaban J connectivity index is 1.51. The van der Waals surface area contributed by atoms with Crippen LogP contribution in [0.5, 0.6) is 5.75 Å². The summed E-state index contributed by atoms with van der Waals surface area (Å²) in [6.07, 6.45) is 0.0888. The van der Waals surface area contributed by atoms with Crippen molar-refractivity contribution in [2.45, 2.75) is 26.0 Å². The van der Waals surface area contributed by atoms with Crippen molar-refractivity contribution in [1.29, 1.82) is 0 Å². The van der Waals surface area contributed by atoms with E-state index in [1.807, 2.05) is 0 Å². The van der Waals surface area contributed by atoms with Crippen LogP contribution in [0.3, 0.4) is 0 Å². The lowest BCUT2D eigenvalue weighted by molar-refractivity contribution is -0.121. The molecule has 1 unspecified atom stereocenters. The number of thiazole rings is 1. The van der Waals surface area contributed by atoms with E-state index in [0.29, 0.717) is 28.6 Å². The fourth-order valence-electron chi connectivity index (χ4n) is 2.49. The summed E-state index contributed by atoms with van der Waals surface area (Å²) in [5.74, 6) is -1.44. The van der Waals surface area contributed by atoms with Crippen LogP contribution in [0.4, 0.5) is 8.78 Å². The highest BCUT2D eigenvalue weighted by atomic mass is 35.5. The molecule has 1 atom stereocenters. The Morgan fingerprint density at radius 2 is 1.96 bits per heavy atom. The lowest BCUT2D eigenvalue weighted by Crippen LogP contribution is -2.28. The molecule has 3 aromatic rings. The number of hydrogen-bond acceptors (Lipinski definition) is 4. The first-order valence-corrected chi connectivity index (χ1v) is 9.72. The summed E-state index contributed by atoms with van der Waals surface area (Å²) in [5.41, 5.74) is 1.11. The summed E-state index contributed by atoms with van der Waals surface area (Å²) in [4.78, 5) is 16.6. The fourth-order valence-corrected chi connectivity index (χ4v) is 3.33. The molecular weight excluding hydrogens is 406 g/mol. The fraction of sp³-hybridized carbons (Fsp3) is 0.200. The summed E-state index contributed by atoms with van der Waals surface area (Å²) >= 11 is 7.23. The average molecular weight is 423 g/mol. The summed E-state index contributed by atoms with van der Waals surface area (Å²) in [7, 11) is 0. The molecule has 8 heteroatoms. The molecule has 4 nitrogen and oxygen atoms in total. The smallest absolute Gasteiger partial charge is 0.226 e. The normalized spacial score (nSPS) is 11.9. The van der Waals surface area contributed by atoms with Gasteiger partial charge in [0.15, 0.2) is 11.6 Å². The zero-order valence-electron chi connectivity index (χ0n) is 14.9. The van der Waals surface area contributed by atoms with Gasteiger partial charge in [-0.15, -0.1) is 11.3 Å². The van der Waals surface area contributed by atoms with Gasteiger partial charge < -0.3 is 10.1 Å². The molecule has 0 radical (unpaired) electrons. The maximum Gasteiger partial charge on any atom is 0.226 e. The lowest BCUT2D eigenvalue weighted by atomic mass is 10.1. The monoisotopic (exact) mass is 422 g/mol. The molecule has 0 aliphatic heterocycles. The predicted octanol–water partition coefficient (Wildman–Crippen LogP) is 5.07. The highest BCUT2D eigenvalue weighted by Crippen LogP contribution is 2.19. The molecule has 1 amide bonds. The van der Waals surface area contributed by atoms with Crippen LogP contribution >= 0.6 is 22.9 Å². The highest BCUT2D eigenvalue weighted by Gasteiger charge is 2.14. The van der Waals surface area contributed by atoms with E-state index in [-0.39, 0.29) is 12.3 Å². The molecule has 0 aliphatic carbocycles. The van der Waals surface area contributed by atoms with Crippen LogP contribution in [-0.4, -0.2) is 10.9 Å². The second kappa shape index (κ2) is 9.12. The van der Waals surface area contributed by atoms with Crippen LogP contribution in [0.2, 0.25) is 5.02 Å². The Kier molecular flexibility index (Phi) is 6.59. The third-order valence-corrected chi connectivity index (χ3v) is 5.06. The van der Waals surface area contributed by atoms with E-state index >= 15 is 0 Å². The minimum atomic E-state index is -0.941. The number of nitrogens with zero attached hydrogens (tertiary/aromatic N) is 1. The van der Waals surface area contributed by atoms with Gasteiger partial charge in [0.25, 0.3) is 0 Å². The number of ether oxygens (including phenoxy) is 1. The maximum absolute atomic E-state index is 13.3. The van der Waals surface area contributed by atoms with E-state index in [0.717, 1.165) is 17.1 Å². The Labute approximate surface area is 170 Å². The molecule has 146 valence electrons. The quantitative estimate of drug-likeness (QED) is 0.578. The van der Waals surface area contributed by atoms with Crippen LogP contribution < -0.4 is 10.1 Å². The summed E-state index contributed by atoms with van der Waals surface area (Å²) in [5, 5.41) is 5.92. The number of halogens is 3. The number of carbonyl (C=O) groups is 1. The minimum absolute atomic E-state index is 0.0888. The van der Waals surface area contributed by atoms with E-state index in [1.54, 1.807) is 36.6 Å². The lowest BCUT2D eigenvalue weighted by Gasteiger charge is -2.14. The number of nitrogens with one attached hydrogen (secondary N) is 1. The number of amides is 1. The van der Waals surface area contributed by atoms with Crippen molar-refractivity contribution >= 4 is 28.8 Å². The molecule has 1 aromatic heterocycles. The van der Waals surface area contributed by atoms with Crippen LogP contribution in [0.25, 0.3) is 0 Å². The molecular formula is C20H17ClF2N2O2S. The van der Waals surface area contributed by atoms with Gasteiger partial charge in [-0.3, -0.25) is 4.79 Å². The van der Waals surface area contributed by atoms with E-state index in [9.17, 15) is 13.6 Å². The van der Waals surface area contributed by atoms with Gasteiger partial charge in [-0.2, -0.15) is 0 Å². The van der Waals surface area contributed by atoms with Gasteiger partial charge in [0.1, 0.15) is 17.4 Å². The molecule has 0 spiro atoms. The Morgan fingerprint density at radius 3 is 2.68 bits per heavy atom. The molecule has 2 aromatic carbocycles. The first kappa shape index (κ1) is 20.2. The van der Waals surface area contributed by atoms with Crippen molar-refractivity contribution in [3.05, 3.63) is 80.8 Å². The number of rotatable bonds is 7. The summed E-state index contributed by atoms with van der Waals surface area (Å²) in [6, 6.07) is 10.1. The van der Waals surface area contributed by atoms with Gasteiger partial charge >= 0.3 is 0 Å².